The molecule has 1 atom stereocenters. The van der Waals surface area contributed by atoms with Gasteiger partial charge in [0.2, 0.25) is 0 Å². The number of esters is 1. The third-order valence-corrected chi connectivity index (χ3v) is 4.92. The van der Waals surface area contributed by atoms with Crippen LogP contribution in [0.4, 0.5) is 0 Å². The van der Waals surface area contributed by atoms with Gasteiger partial charge < -0.3 is 24.8 Å². The van der Waals surface area contributed by atoms with Crippen LogP contribution in [0.3, 0.4) is 0 Å². The molecule has 6 nitrogen and oxygen atoms in total. The van der Waals surface area contributed by atoms with Gasteiger partial charge in [-0.1, -0.05) is 30.3 Å². The fraction of sp³-hybridized carbons (Fsp3) is 0.273. The van der Waals surface area contributed by atoms with E-state index < -0.39 is 12.0 Å². The van der Waals surface area contributed by atoms with Crippen LogP contribution < -0.4 is 20.1 Å². The molecule has 0 amide bonds. The molecule has 0 fully saturated rings. The number of carbonyl (C=O) groups is 1. The second-order valence-electron chi connectivity index (χ2n) is 6.55. The fourth-order valence-electron chi connectivity index (χ4n) is 3.25. The maximum absolute atomic E-state index is 13.0. The first-order chi connectivity index (χ1) is 14.0. The lowest BCUT2D eigenvalue weighted by molar-refractivity contribution is -0.139. The van der Waals surface area contributed by atoms with E-state index in [-0.39, 0.29) is 6.61 Å². The van der Waals surface area contributed by atoms with E-state index >= 15 is 0 Å². The molecular formula is C22H24N2O4S. The van der Waals surface area contributed by atoms with Gasteiger partial charge in [0.1, 0.15) is 11.5 Å². The average molecular weight is 413 g/mol. The minimum absolute atomic E-state index is 0.284. The number of nitrogens with one attached hydrogen (secondary N) is 2. The molecule has 0 saturated carbocycles. The van der Waals surface area contributed by atoms with E-state index in [9.17, 15) is 4.79 Å². The number of allylic oxidation sites excluding steroid dienone is 1. The highest BCUT2D eigenvalue weighted by atomic mass is 32.1. The van der Waals surface area contributed by atoms with Crippen molar-refractivity contribution >= 4 is 23.3 Å². The molecule has 0 aromatic heterocycles. The molecule has 0 aliphatic carbocycles. The highest BCUT2D eigenvalue weighted by Crippen LogP contribution is 2.35. The minimum atomic E-state index is -0.516. The highest BCUT2D eigenvalue weighted by molar-refractivity contribution is 7.80. The van der Waals surface area contributed by atoms with Crippen LogP contribution in [0.25, 0.3) is 0 Å². The summed E-state index contributed by atoms with van der Waals surface area (Å²) in [4.78, 5) is 13.0. The fourth-order valence-corrected chi connectivity index (χ4v) is 3.52. The zero-order chi connectivity index (χ0) is 20.8. The smallest absolute Gasteiger partial charge is 0.338 e. The molecule has 1 heterocycles. The predicted octanol–water partition coefficient (Wildman–Crippen LogP) is 3.28. The molecule has 2 aromatic carbocycles. The van der Waals surface area contributed by atoms with Crippen LogP contribution in [0.1, 0.15) is 24.1 Å². The van der Waals surface area contributed by atoms with Crippen molar-refractivity contribution in [3.05, 3.63) is 70.9 Å². The molecule has 0 bridgehead atoms. The van der Waals surface area contributed by atoms with Crippen molar-refractivity contribution in [3.63, 3.8) is 0 Å². The second-order valence-corrected chi connectivity index (χ2v) is 6.96. The molecule has 7 heteroatoms. The molecule has 152 valence electrons. The molecule has 1 aliphatic rings. The number of hydrogen-bond acceptors (Lipinski definition) is 5. The van der Waals surface area contributed by atoms with Crippen molar-refractivity contribution in [1.82, 2.24) is 10.6 Å². The van der Waals surface area contributed by atoms with Crippen LogP contribution >= 0.6 is 12.2 Å². The summed E-state index contributed by atoms with van der Waals surface area (Å²) >= 11 is 5.31. The van der Waals surface area contributed by atoms with Gasteiger partial charge in [0.25, 0.3) is 0 Å². The van der Waals surface area contributed by atoms with E-state index in [4.69, 9.17) is 26.4 Å². The Labute approximate surface area is 175 Å². The number of hydrogen-bond donors (Lipinski definition) is 2. The first kappa shape index (κ1) is 20.7. The summed E-state index contributed by atoms with van der Waals surface area (Å²) in [5, 5.41) is 6.59. The minimum Gasteiger partial charge on any atom is -0.497 e. The maximum atomic E-state index is 13.0. The summed E-state index contributed by atoms with van der Waals surface area (Å²) in [6.45, 7) is 2.09. The summed E-state index contributed by atoms with van der Waals surface area (Å²) < 4.78 is 16.4. The van der Waals surface area contributed by atoms with Gasteiger partial charge in [-0.3, -0.25) is 0 Å². The van der Waals surface area contributed by atoms with Gasteiger partial charge in [0.15, 0.2) is 5.11 Å². The van der Waals surface area contributed by atoms with Gasteiger partial charge in [-0.15, -0.1) is 0 Å². The SMILES string of the molecule is COc1ccc(OC)c([C@@H]2NC(=S)NC(C)=C2C(=O)OCCc2ccccc2)c1. The predicted molar refractivity (Wildman–Crippen MR) is 115 cm³/mol. The number of carbonyl (C=O) groups excluding carboxylic acids is 1. The Bertz CT molecular complexity index is 928. The number of ether oxygens (including phenoxy) is 3. The Morgan fingerprint density at radius 1 is 1.10 bits per heavy atom. The van der Waals surface area contributed by atoms with E-state index in [1.54, 1.807) is 33.3 Å². The Balaban J connectivity index is 1.85. The first-order valence-corrected chi connectivity index (χ1v) is 9.65. The van der Waals surface area contributed by atoms with E-state index in [0.29, 0.717) is 34.3 Å². The van der Waals surface area contributed by atoms with Crippen molar-refractivity contribution in [3.8, 4) is 11.5 Å². The monoisotopic (exact) mass is 412 g/mol. The standard InChI is InChI=1S/C22H24N2O4S/c1-14-19(21(25)28-12-11-15-7-5-4-6-8-15)20(24-22(29)23-14)17-13-16(26-2)9-10-18(17)27-3/h4-10,13,20H,11-12H2,1-3H3,(H2,23,24,29)/t20-/m0/s1. The van der Waals surface area contributed by atoms with Crippen molar-refractivity contribution < 1.29 is 19.0 Å². The van der Waals surface area contributed by atoms with Crippen LogP contribution in [-0.2, 0) is 16.0 Å². The van der Waals surface area contributed by atoms with Crippen LogP contribution in [0.5, 0.6) is 11.5 Å². The molecule has 2 aromatic rings. The Morgan fingerprint density at radius 2 is 1.86 bits per heavy atom. The summed E-state index contributed by atoms with van der Waals surface area (Å²) in [5.74, 6) is 0.868. The third kappa shape index (κ3) is 4.86. The molecule has 3 rings (SSSR count). The van der Waals surface area contributed by atoms with E-state index in [2.05, 4.69) is 10.6 Å². The highest BCUT2D eigenvalue weighted by Gasteiger charge is 2.33. The Hall–Kier alpha value is -3.06. The summed E-state index contributed by atoms with van der Waals surface area (Å²) in [5.41, 5.74) is 2.95. The summed E-state index contributed by atoms with van der Waals surface area (Å²) in [6, 6.07) is 14.8. The summed E-state index contributed by atoms with van der Waals surface area (Å²) in [7, 11) is 3.17. The van der Waals surface area contributed by atoms with Gasteiger partial charge in [-0.25, -0.2) is 4.79 Å². The lowest BCUT2D eigenvalue weighted by atomic mass is 9.94. The van der Waals surface area contributed by atoms with Gasteiger partial charge in [-0.05, 0) is 42.9 Å². The molecule has 0 saturated heterocycles. The maximum Gasteiger partial charge on any atom is 0.338 e. The van der Waals surface area contributed by atoms with Crippen LogP contribution in [0, 0.1) is 0 Å². The van der Waals surface area contributed by atoms with Gasteiger partial charge in [-0.2, -0.15) is 0 Å². The number of rotatable bonds is 7. The zero-order valence-corrected chi connectivity index (χ0v) is 17.5. The second kappa shape index (κ2) is 9.43. The van der Waals surface area contributed by atoms with E-state index in [1.165, 1.54) is 0 Å². The normalized spacial score (nSPS) is 16.0. The van der Waals surface area contributed by atoms with E-state index in [0.717, 1.165) is 11.1 Å². The number of benzene rings is 2. The van der Waals surface area contributed by atoms with Crippen LogP contribution in [0.15, 0.2) is 59.8 Å². The van der Waals surface area contributed by atoms with Gasteiger partial charge in [0, 0.05) is 17.7 Å². The lowest BCUT2D eigenvalue weighted by Crippen LogP contribution is -2.45. The molecular weight excluding hydrogens is 388 g/mol. The molecule has 29 heavy (non-hydrogen) atoms. The summed E-state index contributed by atoms with van der Waals surface area (Å²) in [6.07, 6.45) is 0.644. The van der Waals surface area contributed by atoms with Gasteiger partial charge >= 0.3 is 5.97 Å². The number of methoxy groups -OCH3 is 2. The first-order valence-electron chi connectivity index (χ1n) is 9.24. The lowest BCUT2D eigenvalue weighted by Gasteiger charge is -2.30. The van der Waals surface area contributed by atoms with Crippen LogP contribution in [0.2, 0.25) is 0 Å². The van der Waals surface area contributed by atoms with Crippen molar-refractivity contribution in [2.24, 2.45) is 0 Å². The van der Waals surface area contributed by atoms with Crippen molar-refractivity contribution in [1.29, 1.82) is 0 Å². The quantitative estimate of drug-likeness (QED) is 0.534. The topological polar surface area (TPSA) is 68.8 Å². The van der Waals surface area contributed by atoms with Crippen LogP contribution in [-0.4, -0.2) is 31.9 Å². The largest absolute Gasteiger partial charge is 0.497 e. The zero-order valence-electron chi connectivity index (χ0n) is 16.7. The average Bonchev–Trinajstić information content (AvgIpc) is 2.73. The van der Waals surface area contributed by atoms with Crippen molar-refractivity contribution in [2.45, 2.75) is 19.4 Å². The van der Waals surface area contributed by atoms with Gasteiger partial charge in [0.05, 0.1) is 32.4 Å². The molecule has 0 spiro atoms. The van der Waals surface area contributed by atoms with E-state index in [1.807, 2.05) is 36.4 Å². The third-order valence-electron chi connectivity index (χ3n) is 4.70. The molecule has 1 aliphatic heterocycles. The number of thiocarbonyl (C=S) groups is 1. The van der Waals surface area contributed by atoms with Crippen molar-refractivity contribution in [2.75, 3.05) is 20.8 Å². The molecule has 0 unspecified atom stereocenters. The molecule has 2 N–H and O–H groups in total. The Morgan fingerprint density at radius 3 is 2.55 bits per heavy atom. The Kier molecular flexibility index (Phi) is 6.72. The molecule has 0 radical (unpaired) electrons.